The first-order valence-electron chi connectivity index (χ1n) is 10.0. The van der Waals surface area contributed by atoms with E-state index < -0.39 is 0 Å². The van der Waals surface area contributed by atoms with Crippen molar-refractivity contribution in [2.24, 2.45) is 5.92 Å². The Hall–Kier alpha value is -2.67. The first-order chi connectivity index (χ1) is 13.7. The highest BCUT2D eigenvalue weighted by Crippen LogP contribution is 2.40. The van der Waals surface area contributed by atoms with Crippen LogP contribution in [0.2, 0.25) is 0 Å². The van der Waals surface area contributed by atoms with Crippen molar-refractivity contribution < 1.29 is 9.47 Å². The van der Waals surface area contributed by atoms with Gasteiger partial charge in [0.05, 0.1) is 23.9 Å². The quantitative estimate of drug-likeness (QED) is 0.753. The fourth-order valence-corrected chi connectivity index (χ4v) is 4.32. The van der Waals surface area contributed by atoms with Gasteiger partial charge in [-0.3, -0.25) is 5.10 Å². The number of benzene rings is 1. The number of nitrogens with one attached hydrogen (secondary N) is 1. The molecular formula is C21H23N5O2. The monoisotopic (exact) mass is 377 g/mol. The van der Waals surface area contributed by atoms with Gasteiger partial charge in [0.25, 0.3) is 0 Å². The summed E-state index contributed by atoms with van der Waals surface area (Å²) in [6.45, 7) is 4.90. The van der Waals surface area contributed by atoms with E-state index in [0.29, 0.717) is 12.0 Å². The molecule has 144 valence electrons. The van der Waals surface area contributed by atoms with Crippen molar-refractivity contribution in [1.29, 1.82) is 0 Å². The van der Waals surface area contributed by atoms with E-state index in [1.54, 1.807) is 6.33 Å². The lowest BCUT2D eigenvalue weighted by molar-refractivity contribution is 0.119. The molecule has 1 aromatic carbocycles. The number of ether oxygens (including phenoxy) is 2. The summed E-state index contributed by atoms with van der Waals surface area (Å²) < 4.78 is 12.0. The first-order valence-corrected chi connectivity index (χ1v) is 10.0. The molecule has 0 radical (unpaired) electrons. The molecule has 3 fully saturated rings. The van der Waals surface area contributed by atoms with Gasteiger partial charge in [-0.15, -0.1) is 0 Å². The van der Waals surface area contributed by atoms with Crippen LogP contribution in [-0.4, -0.2) is 51.6 Å². The second kappa shape index (κ2) is 5.91. The van der Waals surface area contributed by atoms with Gasteiger partial charge in [-0.1, -0.05) is 0 Å². The van der Waals surface area contributed by atoms with Crippen LogP contribution in [0.15, 0.2) is 30.6 Å². The van der Waals surface area contributed by atoms with E-state index in [-0.39, 0.29) is 5.60 Å². The maximum Gasteiger partial charge on any atom is 0.132 e. The topological polar surface area (TPSA) is 76.2 Å². The zero-order valence-corrected chi connectivity index (χ0v) is 15.9. The number of aromatic nitrogens is 4. The van der Waals surface area contributed by atoms with E-state index in [1.165, 1.54) is 6.42 Å². The molecule has 1 saturated carbocycles. The number of rotatable bonds is 4. The highest BCUT2D eigenvalue weighted by atomic mass is 16.5. The van der Waals surface area contributed by atoms with E-state index in [9.17, 15) is 0 Å². The van der Waals surface area contributed by atoms with Crippen molar-refractivity contribution in [3.8, 4) is 17.1 Å². The van der Waals surface area contributed by atoms with E-state index in [4.69, 9.17) is 9.47 Å². The fourth-order valence-electron chi connectivity index (χ4n) is 4.32. The second-order valence-electron chi connectivity index (χ2n) is 8.56. The Kier molecular flexibility index (Phi) is 3.44. The van der Waals surface area contributed by atoms with Crippen LogP contribution in [-0.2, 0) is 4.74 Å². The van der Waals surface area contributed by atoms with Gasteiger partial charge in [0.1, 0.15) is 29.2 Å². The van der Waals surface area contributed by atoms with Gasteiger partial charge in [-0.25, -0.2) is 9.97 Å². The number of hydrogen-bond donors (Lipinski definition) is 1. The molecule has 1 aliphatic carbocycles. The van der Waals surface area contributed by atoms with Crippen LogP contribution in [0.3, 0.4) is 0 Å². The summed E-state index contributed by atoms with van der Waals surface area (Å²) in [6, 6.07) is 8.13. The maximum atomic E-state index is 6.13. The molecule has 0 amide bonds. The average molecular weight is 377 g/mol. The molecule has 0 spiro atoms. The maximum absolute atomic E-state index is 6.13. The minimum Gasteiger partial charge on any atom is -0.488 e. The van der Waals surface area contributed by atoms with Crippen molar-refractivity contribution >= 4 is 16.7 Å². The molecule has 6 rings (SSSR count). The number of anilines is 1. The summed E-state index contributed by atoms with van der Waals surface area (Å²) in [7, 11) is 0. The zero-order valence-electron chi connectivity index (χ0n) is 15.9. The standard InChI is InChI=1S/C21H23N5O2/c1-21(4-5-21)28-14-2-3-17-16(7-14)20(25-24-17)18-8-19(23-12-22-18)26-9-13-6-15(10-26)27-11-13/h2-3,7-8,12-13,15H,4-6,9-11H2,1H3,(H,24,25). The predicted molar refractivity (Wildman–Crippen MR) is 105 cm³/mol. The van der Waals surface area contributed by atoms with Gasteiger partial charge in [0, 0.05) is 30.5 Å². The number of aromatic amines is 1. The van der Waals surface area contributed by atoms with Gasteiger partial charge in [-0.05, 0) is 44.4 Å². The van der Waals surface area contributed by atoms with Crippen molar-refractivity contribution in [1.82, 2.24) is 20.2 Å². The Bertz CT molecular complexity index is 1030. The molecule has 2 unspecified atom stereocenters. The summed E-state index contributed by atoms with van der Waals surface area (Å²) in [5.41, 5.74) is 2.63. The highest BCUT2D eigenvalue weighted by molar-refractivity contribution is 5.93. The molecule has 7 heteroatoms. The first kappa shape index (κ1) is 16.3. The van der Waals surface area contributed by atoms with Crippen LogP contribution < -0.4 is 9.64 Å². The normalized spacial score (nSPS) is 25.2. The highest BCUT2D eigenvalue weighted by Gasteiger charge is 2.40. The summed E-state index contributed by atoms with van der Waals surface area (Å²) in [5.74, 6) is 2.43. The van der Waals surface area contributed by atoms with Gasteiger partial charge >= 0.3 is 0 Å². The molecule has 3 aliphatic rings. The molecular weight excluding hydrogens is 354 g/mol. The minimum atomic E-state index is -0.00462. The molecule has 3 aromatic rings. The number of fused-ring (bicyclic) bond motifs is 3. The van der Waals surface area contributed by atoms with E-state index in [2.05, 4.69) is 38.1 Å². The lowest BCUT2D eigenvalue weighted by Crippen LogP contribution is -2.39. The minimum absolute atomic E-state index is 0.00462. The molecule has 2 saturated heterocycles. The van der Waals surface area contributed by atoms with Crippen molar-refractivity contribution in [2.75, 3.05) is 24.6 Å². The summed E-state index contributed by atoms with van der Waals surface area (Å²) in [6.07, 6.45) is 5.35. The van der Waals surface area contributed by atoms with E-state index in [0.717, 1.165) is 66.4 Å². The predicted octanol–water partition coefficient (Wildman–Crippen LogP) is 3.18. The van der Waals surface area contributed by atoms with Crippen molar-refractivity contribution in [3.63, 3.8) is 0 Å². The number of nitrogens with zero attached hydrogens (tertiary/aromatic N) is 4. The molecule has 1 N–H and O–H groups in total. The van der Waals surface area contributed by atoms with Crippen molar-refractivity contribution in [2.45, 2.75) is 37.9 Å². The van der Waals surface area contributed by atoms with Gasteiger partial charge < -0.3 is 14.4 Å². The largest absolute Gasteiger partial charge is 0.488 e. The average Bonchev–Trinajstić information content (AvgIpc) is 3.14. The molecule has 2 aliphatic heterocycles. The van der Waals surface area contributed by atoms with Crippen LogP contribution in [0, 0.1) is 5.92 Å². The zero-order chi connectivity index (χ0) is 18.7. The summed E-state index contributed by atoms with van der Waals surface area (Å²) in [5, 5.41) is 8.67. The summed E-state index contributed by atoms with van der Waals surface area (Å²) >= 11 is 0. The summed E-state index contributed by atoms with van der Waals surface area (Å²) in [4.78, 5) is 11.3. The van der Waals surface area contributed by atoms with Crippen LogP contribution in [0.4, 0.5) is 5.82 Å². The molecule has 2 aromatic heterocycles. The van der Waals surface area contributed by atoms with Gasteiger partial charge in [0.15, 0.2) is 0 Å². The number of piperidine rings is 1. The lowest BCUT2D eigenvalue weighted by Gasteiger charge is -2.31. The van der Waals surface area contributed by atoms with E-state index >= 15 is 0 Å². The molecule has 28 heavy (non-hydrogen) atoms. The molecule has 2 atom stereocenters. The third-order valence-corrected chi connectivity index (χ3v) is 6.14. The van der Waals surface area contributed by atoms with Gasteiger partial charge in [0.2, 0.25) is 0 Å². The second-order valence-corrected chi connectivity index (χ2v) is 8.56. The molecule has 4 heterocycles. The Balaban J connectivity index is 1.34. The van der Waals surface area contributed by atoms with Crippen LogP contribution in [0.5, 0.6) is 5.75 Å². The van der Waals surface area contributed by atoms with E-state index in [1.807, 2.05) is 18.2 Å². The van der Waals surface area contributed by atoms with Crippen LogP contribution in [0.25, 0.3) is 22.3 Å². The Morgan fingerprint density at radius 2 is 2.14 bits per heavy atom. The lowest BCUT2D eigenvalue weighted by atomic mass is 10.0. The van der Waals surface area contributed by atoms with Crippen LogP contribution >= 0.6 is 0 Å². The Morgan fingerprint density at radius 3 is 3.00 bits per heavy atom. The van der Waals surface area contributed by atoms with Gasteiger partial charge in [-0.2, -0.15) is 5.10 Å². The number of hydrogen-bond acceptors (Lipinski definition) is 6. The third kappa shape index (κ3) is 2.81. The fraction of sp³-hybridized carbons (Fsp3) is 0.476. The Labute approximate surface area is 163 Å². The third-order valence-electron chi connectivity index (χ3n) is 6.14. The van der Waals surface area contributed by atoms with Crippen molar-refractivity contribution in [3.05, 3.63) is 30.6 Å². The smallest absolute Gasteiger partial charge is 0.132 e. The molecule has 2 bridgehead atoms. The molecule has 7 nitrogen and oxygen atoms in total. The van der Waals surface area contributed by atoms with Crippen LogP contribution in [0.1, 0.15) is 26.2 Å². The number of H-pyrrole nitrogens is 1. The Morgan fingerprint density at radius 1 is 1.21 bits per heavy atom. The SMILES string of the molecule is CC1(Oc2ccc3[nH]nc(-c4cc(N5CC6COC(C6)C5)ncn4)c3c2)CC1.